The second-order valence-corrected chi connectivity index (χ2v) is 7.19. The molecule has 1 aliphatic heterocycles. The zero-order chi connectivity index (χ0) is 17.3. The summed E-state index contributed by atoms with van der Waals surface area (Å²) >= 11 is 1.74. The number of carbonyl (C=O) groups excluding carboxylic acids is 1. The Morgan fingerprint density at radius 2 is 1.88 bits per heavy atom. The van der Waals surface area contributed by atoms with Crippen molar-refractivity contribution in [2.24, 2.45) is 4.99 Å². The molecule has 1 aliphatic rings. The van der Waals surface area contributed by atoms with Gasteiger partial charge in [0.25, 0.3) is 5.91 Å². The molecule has 0 saturated carbocycles. The van der Waals surface area contributed by atoms with Crippen molar-refractivity contribution in [3.8, 4) is 0 Å². The van der Waals surface area contributed by atoms with Crippen molar-refractivity contribution in [3.05, 3.63) is 52.6 Å². The molecule has 4 heteroatoms. The molecule has 3 rings (SSSR count). The summed E-state index contributed by atoms with van der Waals surface area (Å²) in [7, 11) is 0. The molecule has 0 saturated heterocycles. The van der Waals surface area contributed by atoms with E-state index < -0.39 is 0 Å². The molecule has 0 aromatic heterocycles. The number of fused-ring (bicyclic) bond motifs is 2. The van der Waals surface area contributed by atoms with E-state index in [1.54, 1.807) is 11.8 Å². The Labute approximate surface area is 147 Å². The number of hydrogen-bond donors (Lipinski definition) is 1. The van der Waals surface area contributed by atoms with Gasteiger partial charge in [0.15, 0.2) is 0 Å². The summed E-state index contributed by atoms with van der Waals surface area (Å²) in [6.07, 6.45) is 0.928. The van der Waals surface area contributed by atoms with Gasteiger partial charge in [-0.3, -0.25) is 9.79 Å². The molecule has 0 aliphatic carbocycles. The Bertz CT molecular complexity index is 840. The summed E-state index contributed by atoms with van der Waals surface area (Å²) < 4.78 is 0. The van der Waals surface area contributed by atoms with E-state index in [-0.39, 0.29) is 5.91 Å². The largest absolute Gasteiger partial charge is 0.352 e. The Morgan fingerprint density at radius 3 is 2.62 bits per heavy atom. The minimum Gasteiger partial charge on any atom is -0.352 e. The Balaban J connectivity index is 2.06. The minimum atomic E-state index is -0.0355. The van der Waals surface area contributed by atoms with Crippen molar-refractivity contribution >= 4 is 29.1 Å². The van der Waals surface area contributed by atoms with E-state index in [0.29, 0.717) is 12.1 Å². The molecule has 3 nitrogen and oxygen atoms in total. The van der Waals surface area contributed by atoms with E-state index in [1.807, 2.05) is 32.0 Å². The highest BCUT2D eigenvalue weighted by molar-refractivity contribution is 7.99. The Hall–Kier alpha value is -2.07. The van der Waals surface area contributed by atoms with E-state index in [4.69, 9.17) is 4.99 Å². The first-order chi connectivity index (χ1) is 11.5. The van der Waals surface area contributed by atoms with Gasteiger partial charge in [-0.15, -0.1) is 0 Å². The highest BCUT2D eigenvalue weighted by atomic mass is 32.2. The van der Waals surface area contributed by atoms with Crippen LogP contribution in [0.15, 0.2) is 45.1 Å². The van der Waals surface area contributed by atoms with Crippen LogP contribution >= 0.6 is 11.8 Å². The molecule has 124 valence electrons. The lowest BCUT2D eigenvalue weighted by molar-refractivity contribution is 0.0953. The summed E-state index contributed by atoms with van der Waals surface area (Å²) in [5.41, 5.74) is 6.25. The van der Waals surface area contributed by atoms with Crippen molar-refractivity contribution in [3.63, 3.8) is 0 Å². The topological polar surface area (TPSA) is 41.5 Å². The molecule has 1 N–H and O–H groups in total. The van der Waals surface area contributed by atoms with Gasteiger partial charge in [-0.25, -0.2) is 0 Å². The van der Waals surface area contributed by atoms with Crippen LogP contribution in [0.2, 0.25) is 0 Å². The number of amides is 1. The molecule has 1 heterocycles. The lowest BCUT2D eigenvalue weighted by Crippen LogP contribution is -2.23. The quantitative estimate of drug-likeness (QED) is 0.851. The maximum Gasteiger partial charge on any atom is 0.251 e. The van der Waals surface area contributed by atoms with Crippen LogP contribution in [0.5, 0.6) is 0 Å². The monoisotopic (exact) mass is 338 g/mol. The normalized spacial score (nSPS) is 12.8. The van der Waals surface area contributed by atoms with Gasteiger partial charge in [0.2, 0.25) is 0 Å². The lowest BCUT2D eigenvalue weighted by atomic mass is 10.0. The third-order valence-corrected chi connectivity index (χ3v) is 5.48. The summed E-state index contributed by atoms with van der Waals surface area (Å²) in [6, 6.07) is 10.1. The average Bonchev–Trinajstić information content (AvgIpc) is 2.71. The summed E-state index contributed by atoms with van der Waals surface area (Å²) in [6.45, 7) is 9.04. The number of aliphatic imine (C=N–C) groups is 1. The molecule has 1 amide bonds. The van der Waals surface area contributed by atoms with Crippen LogP contribution in [0.4, 0.5) is 5.69 Å². The molecule has 2 aromatic rings. The lowest BCUT2D eigenvalue weighted by Gasteiger charge is -2.12. The molecule has 0 fully saturated rings. The fraction of sp³-hybridized carbons (Fsp3) is 0.300. The second-order valence-electron chi connectivity index (χ2n) is 6.14. The molecule has 2 aromatic carbocycles. The van der Waals surface area contributed by atoms with Crippen LogP contribution < -0.4 is 5.32 Å². The highest BCUT2D eigenvalue weighted by Crippen LogP contribution is 2.43. The predicted molar refractivity (Wildman–Crippen MR) is 101 cm³/mol. The number of benzene rings is 2. The minimum absolute atomic E-state index is 0.0355. The fourth-order valence-electron chi connectivity index (χ4n) is 2.89. The first-order valence-electron chi connectivity index (χ1n) is 8.27. The third-order valence-electron chi connectivity index (χ3n) is 4.18. The van der Waals surface area contributed by atoms with E-state index in [0.717, 1.165) is 22.7 Å². The van der Waals surface area contributed by atoms with Crippen LogP contribution in [-0.4, -0.2) is 18.2 Å². The van der Waals surface area contributed by atoms with Gasteiger partial charge >= 0.3 is 0 Å². The third kappa shape index (κ3) is 3.11. The van der Waals surface area contributed by atoms with Crippen LogP contribution in [0.1, 0.15) is 47.3 Å². The standard InChI is InChI=1S/C20H22N2OS/c1-5-10-21-20(23)15-8-9-17-16(11-15)22-14(4)18-12(2)6-7-13(3)19(18)24-17/h6-9,11H,5,10H2,1-4H3,(H,21,23). The van der Waals surface area contributed by atoms with Crippen LogP contribution in [-0.2, 0) is 0 Å². The number of nitrogens with one attached hydrogen (secondary N) is 1. The zero-order valence-electron chi connectivity index (χ0n) is 14.6. The molecular formula is C20H22N2OS. The number of nitrogens with zero attached hydrogens (tertiary/aromatic N) is 1. The van der Waals surface area contributed by atoms with Crippen molar-refractivity contribution in [1.29, 1.82) is 0 Å². The van der Waals surface area contributed by atoms with Gasteiger partial charge < -0.3 is 5.32 Å². The van der Waals surface area contributed by atoms with Gasteiger partial charge in [-0.1, -0.05) is 30.8 Å². The molecule has 0 unspecified atom stereocenters. The van der Waals surface area contributed by atoms with Crippen molar-refractivity contribution in [1.82, 2.24) is 5.32 Å². The molecule has 0 spiro atoms. The number of hydrogen-bond acceptors (Lipinski definition) is 3. The number of carbonyl (C=O) groups is 1. The molecule has 0 bridgehead atoms. The van der Waals surface area contributed by atoms with E-state index >= 15 is 0 Å². The Kier molecular flexibility index (Phi) is 4.76. The van der Waals surface area contributed by atoms with Crippen LogP contribution in [0.3, 0.4) is 0 Å². The van der Waals surface area contributed by atoms with Crippen LogP contribution in [0, 0.1) is 13.8 Å². The summed E-state index contributed by atoms with van der Waals surface area (Å²) in [4.78, 5) is 19.4. The van der Waals surface area contributed by atoms with Gasteiger partial charge in [-0.2, -0.15) is 0 Å². The van der Waals surface area contributed by atoms with Crippen LogP contribution in [0.25, 0.3) is 0 Å². The molecular weight excluding hydrogens is 316 g/mol. The van der Waals surface area contributed by atoms with E-state index in [9.17, 15) is 4.79 Å². The number of rotatable bonds is 3. The first-order valence-corrected chi connectivity index (χ1v) is 9.09. The van der Waals surface area contributed by atoms with Crippen molar-refractivity contribution in [2.45, 2.75) is 43.9 Å². The zero-order valence-corrected chi connectivity index (χ0v) is 15.4. The first kappa shape index (κ1) is 16.8. The smallest absolute Gasteiger partial charge is 0.251 e. The number of aryl methyl sites for hydroxylation is 2. The fourth-order valence-corrected chi connectivity index (χ4v) is 4.09. The maximum atomic E-state index is 12.2. The Morgan fingerprint density at radius 1 is 1.12 bits per heavy atom. The summed E-state index contributed by atoms with van der Waals surface area (Å²) in [5, 5.41) is 2.92. The van der Waals surface area contributed by atoms with Gasteiger partial charge in [-0.05, 0) is 56.5 Å². The maximum absolute atomic E-state index is 12.2. The van der Waals surface area contributed by atoms with Gasteiger partial charge in [0.1, 0.15) is 0 Å². The summed E-state index contributed by atoms with van der Waals surface area (Å²) in [5.74, 6) is -0.0355. The highest BCUT2D eigenvalue weighted by Gasteiger charge is 2.19. The van der Waals surface area contributed by atoms with Gasteiger partial charge in [0.05, 0.1) is 5.69 Å². The van der Waals surface area contributed by atoms with Crippen molar-refractivity contribution in [2.75, 3.05) is 6.54 Å². The average molecular weight is 338 g/mol. The predicted octanol–water partition coefficient (Wildman–Crippen LogP) is 5.05. The van der Waals surface area contributed by atoms with Crippen molar-refractivity contribution < 1.29 is 4.79 Å². The van der Waals surface area contributed by atoms with E-state index in [1.165, 1.54) is 21.6 Å². The molecule has 0 atom stereocenters. The van der Waals surface area contributed by atoms with E-state index in [2.05, 4.69) is 31.3 Å². The molecule has 0 radical (unpaired) electrons. The SMILES string of the molecule is CCCNC(=O)c1ccc2c(c1)N=C(C)c1c(C)ccc(C)c1S2. The second kappa shape index (κ2) is 6.81. The molecule has 24 heavy (non-hydrogen) atoms. The van der Waals surface area contributed by atoms with Gasteiger partial charge in [0, 0.05) is 33.2 Å².